The van der Waals surface area contributed by atoms with Crippen LogP contribution in [0.2, 0.25) is 0 Å². The lowest BCUT2D eigenvalue weighted by Gasteiger charge is -2.29. The quantitative estimate of drug-likeness (QED) is 0.463. The summed E-state index contributed by atoms with van der Waals surface area (Å²) in [5.41, 5.74) is 2.98. The van der Waals surface area contributed by atoms with Crippen molar-refractivity contribution in [2.24, 2.45) is 0 Å². The van der Waals surface area contributed by atoms with Gasteiger partial charge in [0.15, 0.2) is 0 Å². The molecule has 1 saturated heterocycles. The van der Waals surface area contributed by atoms with Gasteiger partial charge >= 0.3 is 5.97 Å². The lowest BCUT2D eigenvalue weighted by molar-refractivity contribution is -0.126. The molecule has 8 heteroatoms. The number of rotatable bonds is 3. The van der Waals surface area contributed by atoms with Crippen LogP contribution in [0.3, 0.4) is 0 Å². The molecule has 0 atom stereocenters. The second kappa shape index (κ2) is 9.49. The minimum absolute atomic E-state index is 0.167. The summed E-state index contributed by atoms with van der Waals surface area (Å²) in [6.45, 7) is 1.49. The molecule has 3 aromatic rings. The summed E-state index contributed by atoms with van der Waals surface area (Å²) >= 11 is 1.46. The Bertz CT molecular complexity index is 1310. The number of hydrogen-bond acceptors (Lipinski definition) is 6. The summed E-state index contributed by atoms with van der Waals surface area (Å²) in [7, 11) is 0. The molecule has 0 unspecified atom stereocenters. The molecule has 34 heavy (non-hydrogen) atoms. The first-order valence-electron chi connectivity index (χ1n) is 11.0. The fraction of sp³-hybridized carbons (Fsp3) is 0.231. The molecule has 2 aliphatic heterocycles. The van der Waals surface area contributed by atoms with Gasteiger partial charge in [-0.15, -0.1) is 11.3 Å². The monoisotopic (exact) mass is 471 g/mol. The summed E-state index contributed by atoms with van der Waals surface area (Å²) in [4.78, 5) is 43.2. The molecule has 0 saturated carbocycles. The van der Waals surface area contributed by atoms with Gasteiger partial charge in [-0.25, -0.2) is 9.78 Å². The Hall–Kier alpha value is -3.96. The number of esters is 1. The van der Waals surface area contributed by atoms with Crippen molar-refractivity contribution in [2.75, 3.05) is 18.4 Å². The van der Waals surface area contributed by atoms with Crippen molar-refractivity contribution < 1.29 is 19.1 Å². The molecule has 1 fully saturated rings. The Kier molecular flexibility index (Phi) is 6.11. The van der Waals surface area contributed by atoms with Crippen LogP contribution in [0.15, 0.2) is 53.9 Å². The third-order valence-corrected chi connectivity index (χ3v) is 6.93. The van der Waals surface area contributed by atoms with Crippen LogP contribution < -0.4 is 5.32 Å². The van der Waals surface area contributed by atoms with E-state index in [4.69, 9.17) is 4.74 Å². The van der Waals surface area contributed by atoms with E-state index in [2.05, 4.69) is 22.1 Å². The lowest BCUT2D eigenvalue weighted by Crippen LogP contribution is -2.37. The molecular formula is C26H21N3O4S. The van der Waals surface area contributed by atoms with E-state index in [0.717, 1.165) is 29.0 Å². The van der Waals surface area contributed by atoms with Gasteiger partial charge in [-0.3, -0.25) is 9.59 Å². The van der Waals surface area contributed by atoms with E-state index >= 15 is 0 Å². The van der Waals surface area contributed by atoms with Gasteiger partial charge in [-0.2, -0.15) is 0 Å². The van der Waals surface area contributed by atoms with Crippen LogP contribution >= 0.6 is 11.3 Å². The van der Waals surface area contributed by atoms with Gasteiger partial charge < -0.3 is 15.0 Å². The molecule has 170 valence electrons. The molecule has 0 radical (unpaired) electrons. The zero-order valence-electron chi connectivity index (χ0n) is 18.2. The molecule has 5 rings (SSSR count). The van der Waals surface area contributed by atoms with E-state index in [9.17, 15) is 14.4 Å². The highest BCUT2D eigenvalue weighted by molar-refractivity contribution is 7.10. The summed E-state index contributed by atoms with van der Waals surface area (Å²) < 4.78 is 5.00. The Balaban J connectivity index is 1.17. The van der Waals surface area contributed by atoms with Crippen LogP contribution in [0.25, 0.3) is 0 Å². The van der Waals surface area contributed by atoms with Crippen molar-refractivity contribution in [1.29, 1.82) is 0 Å². The SMILES string of the molecule is O=C(Nc1ccc2c(c1)C(=O)OC2)c1csc(C2CCN(C(=O)C#Cc3ccccc3)CC2)n1. The van der Waals surface area contributed by atoms with Gasteiger partial charge in [0.25, 0.3) is 11.8 Å². The number of ether oxygens (including phenoxy) is 1. The summed E-state index contributed by atoms with van der Waals surface area (Å²) in [5.74, 6) is 4.98. The number of piperidine rings is 1. The Morgan fingerprint density at radius 1 is 1.12 bits per heavy atom. The van der Waals surface area contributed by atoms with Crippen LogP contribution in [0.5, 0.6) is 0 Å². The first kappa shape index (κ1) is 21.9. The molecule has 0 aliphatic carbocycles. The van der Waals surface area contributed by atoms with E-state index in [-0.39, 0.29) is 30.3 Å². The maximum atomic E-state index is 12.7. The van der Waals surface area contributed by atoms with E-state index in [1.54, 1.807) is 28.5 Å². The van der Waals surface area contributed by atoms with Crippen molar-refractivity contribution in [3.05, 3.63) is 81.3 Å². The number of nitrogens with one attached hydrogen (secondary N) is 1. The number of likely N-dealkylation sites (tertiary alicyclic amines) is 1. The van der Waals surface area contributed by atoms with E-state index in [1.807, 2.05) is 30.3 Å². The van der Waals surface area contributed by atoms with Crippen molar-refractivity contribution in [1.82, 2.24) is 9.88 Å². The number of carbonyl (C=O) groups excluding carboxylic acids is 3. The highest BCUT2D eigenvalue weighted by Gasteiger charge is 2.26. The molecule has 0 spiro atoms. The number of aromatic nitrogens is 1. The molecule has 2 amide bonds. The number of amides is 2. The van der Waals surface area contributed by atoms with Gasteiger partial charge in [0.1, 0.15) is 12.3 Å². The Morgan fingerprint density at radius 3 is 2.71 bits per heavy atom. The minimum Gasteiger partial charge on any atom is -0.457 e. The van der Waals surface area contributed by atoms with Crippen molar-refractivity contribution in [2.45, 2.75) is 25.4 Å². The third-order valence-electron chi connectivity index (χ3n) is 5.92. The number of carbonyl (C=O) groups is 3. The summed E-state index contributed by atoms with van der Waals surface area (Å²) in [6.07, 6.45) is 1.56. The number of cyclic esters (lactones) is 1. The number of nitrogens with zero attached hydrogens (tertiary/aromatic N) is 2. The Labute approximate surface area is 200 Å². The fourth-order valence-electron chi connectivity index (χ4n) is 4.02. The molecule has 2 aliphatic rings. The van der Waals surface area contributed by atoms with Crippen molar-refractivity contribution in [3.8, 4) is 11.8 Å². The predicted octanol–water partition coefficient (Wildman–Crippen LogP) is 3.82. The maximum absolute atomic E-state index is 12.7. The van der Waals surface area contributed by atoms with Crippen LogP contribution in [0, 0.1) is 11.8 Å². The standard InChI is InChI=1S/C26H21N3O4S/c30-23(9-6-17-4-2-1-3-5-17)29-12-10-18(11-13-29)25-28-22(16-34-25)24(31)27-20-8-7-19-15-33-26(32)21(19)14-20/h1-5,7-8,14,16,18H,10-13,15H2,(H,27,31). The second-order valence-electron chi connectivity index (χ2n) is 8.16. The minimum atomic E-state index is -0.377. The molecule has 0 bridgehead atoms. The Morgan fingerprint density at radius 2 is 1.91 bits per heavy atom. The first-order chi connectivity index (χ1) is 16.6. The molecule has 3 heterocycles. The number of benzene rings is 2. The van der Waals surface area contributed by atoms with Gasteiger partial charge in [0.2, 0.25) is 0 Å². The summed E-state index contributed by atoms with van der Waals surface area (Å²) in [5, 5.41) is 5.44. The van der Waals surface area contributed by atoms with Gasteiger partial charge in [-0.05, 0) is 37.1 Å². The predicted molar refractivity (Wildman–Crippen MR) is 128 cm³/mol. The molecular weight excluding hydrogens is 450 g/mol. The average molecular weight is 472 g/mol. The fourth-order valence-corrected chi connectivity index (χ4v) is 4.99. The first-order valence-corrected chi connectivity index (χ1v) is 11.9. The van der Waals surface area contributed by atoms with Crippen molar-refractivity contribution in [3.63, 3.8) is 0 Å². The van der Waals surface area contributed by atoms with Crippen LogP contribution in [-0.4, -0.2) is 40.8 Å². The summed E-state index contributed by atoms with van der Waals surface area (Å²) in [6, 6.07) is 14.6. The highest BCUT2D eigenvalue weighted by Crippen LogP contribution is 2.31. The zero-order chi connectivity index (χ0) is 23.5. The van der Waals surface area contributed by atoms with Crippen LogP contribution in [-0.2, 0) is 16.1 Å². The van der Waals surface area contributed by atoms with Crippen LogP contribution in [0.4, 0.5) is 5.69 Å². The van der Waals surface area contributed by atoms with Gasteiger partial charge in [0.05, 0.1) is 10.6 Å². The lowest BCUT2D eigenvalue weighted by atomic mass is 9.97. The van der Waals surface area contributed by atoms with Crippen LogP contribution in [0.1, 0.15) is 55.7 Å². The van der Waals surface area contributed by atoms with Gasteiger partial charge in [-0.1, -0.05) is 30.2 Å². The second-order valence-corrected chi connectivity index (χ2v) is 9.05. The average Bonchev–Trinajstić information content (AvgIpc) is 3.51. The van der Waals surface area contributed by atoms with E-state index in [0.29, 0.717) is 30.0 Å². The molecule has 1 aromatic heterocycles. The third kappa shape index (κ3) is 4.70. The maximum Gasteiger partial charge on any atom is 0.338 e. The number of thiazole rings is 1. The molecule has 7 nitrogen and oxygen atoms in total. The molecule has 2 aromatic carbocycles. The normalized spacial score (nSPS) is 15.2. The highest BCUT2D eigenvalue weighted by atomic mass is 32.1. The molecule has 1 N–H and O–H groups in total. The zero-order valence-corrected chi connectivity index (χ0v) is 19.1. The number of anilines is 1. The van der Waals surface area contributed by atoms with E-state index in [1.165, 1.54) is 11.3 Å². The van der Waals surface area contributed by atoms with Crippen molar-refractivity contribution >= 4 is 34.8 Å². The van der Waals surface area contributed by atoms with E-state index < -0.39 is 0 Å². The largest absolute Gasteiger partial charge is 0.457 e. The topological polar surface area (TPSA) is 88.6 Å². The smallest absolute Gasteiger partial charge is 0.338 e. The van der Waals surface area contributed by atoms with Gasteiger partial charge in [0, 0.05) is 47.1 Å². The number of fused-ring (bicyclic) bond motifs is 1. The number of hydrogen-bond donors (Lipinski definition) is 1.